The molecule has 0 aromatic heterocycles. The van der Waals surface area contributed by atoms with Gasteiger partial charge in [0, 0.05) is 18.9 Å². The molecule has 0 radical (unpaired) electrons. The second kappa shape index (κ2) is 23.8. The Hall–Kier alpha value is -0.762. The minimum atomic E-state index is -2.21. The fourth-order valence-electron chi connectivity index (χ4n) is 8.48. The van der Waals surface area contributed by atoms with Crippen LogP contribution in [0.4, 0.5) is 0 Å². The number of ether oxygens (including phenoxy) is 2. The summed E-state index contributed by atoms with van der Waals surface area (Å²) in [5, 5.41) is 0.0883. The van der Waals surface area contributed by atoms with Gasteiger partial charge in [-0.3, -0.25) is 4.79 Å². The van der Waals surface area contributed by atoms with E-state index in [2.05, 4.69) is 116 Å². The van der Waals surface area contributed by atoms with Crippen LogP contribution in [-0.2, 0) is 48.4 Å². The third-order valence-electron chi connectivity index (χ3n) is 15.6. The molecule has 10 nitrogen and oxygen atoms in total. The molecule has 62 heavy (non-hydrogen) atoms. The molecule has 5 unspecified atom stereocenters. The summed E-state index contributed by atoms with van der Waals surface area (Å²) in [6.07, 6.45) is 0.107. The van der Waals surface area contributed by atoms with Gasteiger partial charge in [0.25, 0.3) is 0 Å². The van der Waals surface area contributed by atoms with Gasteiger partial charge in [0.15, 0.2) is 33.3 Å². The third kappa shape index (κ3) is 15.1. The Morgan fingerprint density at radius 3 is 1.89 bits per heavy atom. The first kappa shape index (κ1) is 55.6. The second-order valence-corrected chi connectivity index (χ2v) is 40.8. The maximum atomic E-state index is 13.7. The van der Waals surface area contributed by atoms with Crippen molar-refractivity contribution in [2.24, 2.45) is 11.7 Å². The van der Waals surface area contributed by atoms with E-state index in [4.69, 9.17) is 42.7 Å². The average molecular weight is 941 g/mol. The number of hydrogen-bond acceptors (Lipinski definition) is 10. The molecule has 0 saturated carbocycles. The highest BCUT2D eigenvalue weighted by Crippen LogP contribution is 2.42. The maximum Gasteiger partial charge on any atom is 0.308 e. The molecule has 2 heterocycles. The zero-order chi connectivity index (χ0) is 46.7. The van der Waals surface area contributed by atoms with Crippen LogP contribution in [0.2, 0.25) is 72.5 Å². The number of fused-ring (bicyclic) bond motifs is 1. The Morgan fingerprint density at radius 1 is 0.790 bits per heavy atom. The lowest BCUT2D eigenvalue weighted by atomic mass is 9.90. The third-order valence-corrected chi connectivity index (χ3v) is 34.0. The Bertz CT molecular complexity index is 1450. The molecule has 0 bridgehead atoms. The van der Waals surface area contributed by atoms with Crippen molar-refractivity contribution in [3.8, 4) is 0 Å². The Labute approximate surface area is 383 Å². The van der Waals surface area contributed by atoms with Crippen molar-refractivity contribution in [2.75, 3.05) is 6.61 Å². The first-order valence-electron chi connectivity index (χ1n) is 24.4. The number of nitrogens with two attached hydrogens (primary N) is 1. The van der Waals surface area contributed by atoms with E-state index in [1.807, 2.05) is 30.3 Å². The van der Waals surface area contributed by atoms with E-state index in [1.54, 1.807) is 0 Å². The smallest absolute Gasteiger partial charge is 0.308 e. The summed E-state index contributed by atoms with van der Waals surface area (Å²) in [6, 6.07) is 15.5. The summed E-state index contributed by atoms with van der Waals surface area (Å²) >= 11 is 0. The van der Waals surface area contributed by atoms with E-state index in [1.165, 1.54) is 0 Å². The maximum absolute atomic E-state index is 13.7. The summed E-state index contributed by atoms with van der Waals surface area (Å²) in [7, 11) is -8.57. The van der Waals surface area contributed by atoms with Crippen LogP contribution in [0, 0.1) is 5.92 Å². The van der Waals surface area contributed by atoms with Gasteiger partial charge in [-0.2, -0.15) is 0 Å². The molecule has 14 heteroatoms. The van der Waals surface area contributed by atoms with Gasteiger partial charge in [-0.15, -0.1) is 0 Å². The standard InChI is InChI=1S/C48H93NO9Si4/c1-18-61(19-2,20-3)57-41(31-38(56-60(16,17)48(11,12)13)35-52-59(14,15)47(8,9)10)40-32-42-46(53-40)39(49)30-29-36(7)45(58-62(21-4,22-5)23-6)43(55-54-42)33-44(50)51-34-37-27-25-24-26-28-37/h24-28,36,38-43,45-46H,18-23,29-35,49H2,1-17H3/t36-,38+,39-,40?,41-,42?,43?,45?,46?/m0/s1. The highest BCUT2D eigenvalue weighted by atomic mass is 28.4. The molecule has 2 saturated heterocycles. The van der Waals surface area contributed by atoms with Crippen molar-refractivity contribution in [1.82, 2.24) is 0 Å². The number of hydrogen-bond donors (Lipinski definition) is 1. The number of esters is 1. The number of rotatable bonds is 22. The van der Waals surface area contributed by atoms with Crippen molar-refractivity contribution in [1.29, 1.82) is 0 Å². The molecule has 2 N–H and O–H groups in total. The van der Waals surface area contributed by atoms with Crippen LogP contribution in [0.1, 0.15) is 128 Å². The van der Waals surface area contributed by atoms with E-state index in [9.17, 15) is 4.79 Å². The van der Waals surface area contributed by atoms with E-state index in [-0.39, 0.29) is 65.4 Å². The second-order valence-electron chi connectivity index (χ2n) is 21.7. The van der Waals surface area contributed by atoms with Crippen LogP contribution >= 0.6 is 0 Å². The molecule has 2 fully saturated rings. The van der Waals surface area contributed by atoms with Crippen LogP contribution in [0.5, 0.6) is 0 Å². The Morgan fingerprint density at radius 2 is 1.35 bits per heavy atom. The van der Waals surface area contributed by atoms with Gasteiger partial charge >= 0.3 is 5.97 Å². The molecule has 0 spiro atoms. The summed E-state index contributed by atoms with van der Waals surface area (Å²) < 4.78 is 42.0. The fourth-order valence-corrected chi connectivity index (χ4v) is 16.7. The lowest BCUT2D eigenvalue weighted by molar-refractivity contribution is -0.370. The van der Waals surface area contributed by atoms with Crippen LogP contribution in [0.25, 0.3) is 0 Å². The molecular weight excluding hydrogens is 847 g/mol. The van der Waals surface area contributed by atoms with E-state index < -0.39 is 51.6 Å². The van der Waals surface area contributed by atoms with Crippen LogP contribution < -0.4 is 5.73 Å². The lowest BCUT2D eigenvalue weighted by Gasteiger charge is -2.43. The first-order chi connectivity index (χ1) is 28.8. The predicted molar refractivity (Wildman–Crippen MR) is 264 cm³/mol. The van der Waals surface area contributed by atoms with Gasteiger partial charge in [-0.25, -0.2) is 9.78 Å². The normalized spacial score (nSPS) is 25.9. The van der Waals surface area contributed by atoms with E-state index in [0.717, 1.165) is 54.7 Å². The summed E-state index contributed by atoms with van der Waals surface area (Å²) in [4.78, 5) is 26.8. The molecule has 1 aromatic carbocycles. The molecule has 0 amide bonds. The largest absolute Gasteiger partial charge is 0.461 e. The van der Waals surface area contributed by atoms with Gasteiger partial charge in [-0.05, 0) is 96.9 Å². The fraction of sp³-hybridized carbons (Fsp3) is 0.854. The first-order valence-corrected chi connectivity index (χ1v) is 35.3. The SMILES string of the molecule is CC[Si](CC)(CC)OC1C(CC(=O)OCc2ccccc2)OOC2CC([C@H](C[C@H](CO[Si](C)(C)C(C)(C)C)O[Si](C)(C)C(C)(C)C)O[Si](CC)(CC)CC)OC2[C@@H](N)CC[C@@H]1C. The Balaban J connectivity index is 2.03. The number of carbonyl (C=O) groups excluding carboxylic acids is 1. The molecule has 2 aliphatic rings. The average Bonchev–Trinajstić information content (AvgIpc) is 3.66. The topological polar surface area (TPSA) is 117 Å². The van der Waals surface area contributed by atoms with Crippen molar-refractivity contribution in [2.45, 2.75) is 250 Å². The quantitative estimate of drug-likeness (QED) is 0.0684. The zero-order valence-electron chi connectivity index (χ0n) is 42.5. The molecule has 2 aliphatic heterocycles. The monoisotopic (exact) mass is 940 g/mol. The van der Waals surface area contributed by atoms with Gasteiger partial charge < -0.3 is 32.9 Å². The molecule has 0 aliphatic carbocycles. The zero-order valence-corrected chi connectivity index (χ0v) is 46.5. The minimum Gasteiger partial charge on any atom is -0.461 e. The van der Waals surface area contributed by atoms with Crippen molar-refractivity contribution in [3.63, 3.8) is 0 Å². The lowest BCUT2D eigenvalue weighted by Crippen LogP contribution is -2.51. The Kier molecular flexibility index (Phi) is 21.3. The van der Waals surface area contributed by atoms with Gasteiger partial charge in [0.2, 0.25) is 0 Å². The molecular formula is C48H93NO9Si4. The summed E-state index contributed by atoms with van der Waals surface area (Å²) in [5.74, 6) is -0.288. The van der Waals surface area contributed by atoms with Crippen LogP contribution in [0.15, 0.2) is 30.3 Å². The minimum absolute atomic E-state index is 0.0151. The highest BCUT2D eigenvalue weighted by molar-refractivity contribution is 6.75. The molecule has 360 valence electrons. The number of carbonyl (C=O) groups is 1. The summed E-state index contributed by atoms with van der Waals surface area (Å²) in [6.45, 7) is 39.5. The van der Waals surface area contributed by atoms with Gasteiger partial charge in [-0.1, -0.05) is 120 Å². The van der Waals surface area contributed by atoms with Crippen molar-refractivity contribution < 1.29 is 41.7 Å². The highest BCUT2D eigenvalue weighted by Gasteiger charge is 2.50. The van der Waals surface area contributed by atoms with E-state index in [0.29, 0.717) is 19.4 Å². The van der Waals surface area contributed by atoms with Crippen LogP contribution in [0.3, 0.4) is 0 Å². The predicted octanol–water partition coefficient (Wildman–Crippen LogP) is 12.3. The van der Waals surface area contributed by atoms with Gasteiger partial charge in [0.05, 0.1) is 37.4 Å². The molecule has 1 aromatic rings. The van der Waals surface area contributed by atoms with Crippen molar-refractivity contribution >= 4 is 39.2 Å². The van der Waals surface area contributed by atoms with Crippen LogP contribution in [-0.4, -0.2) is 94.6 Å². The van der Waals surface area contributed by atoms with E-state index >= 15 is 0 Å². The van der Waals surface area contributed by atoms with Gasteiger partial charge in [0.1, 0.15) is 24.9 Å². The summed E-state index contributed by atoms with van der Waals surface area (Å²) in [5.41, 5.74) is 8.07. The molecule has 3 rings (SSSR count). The van der Waals surface area contributed by atoms with Crippen molar-refractivity contribution in [3.05, 3.63) is 35.9 Å². The number of benzene rings is 1. The molecule has 9 atom stereocenters.